The molecule has 0 aliphatic heterocycles. The lowest BCUT2D eigenvalue weighted by Crippen LogP contribution is -2.15. The molecule has 19 heavy (non-hydrogen) atoms. The minimum absolute atomic E-state index is 0.00412. The summed E-state index contributed by atoms with van der Waals surface area (Å²) in [7, 11) is 0. The first-order valence-corrected chi connectivity index (χ1v) is 6.59. The molecule has 2 rings (SSSR count). The standard InChI is InChI=1S/C12H15N5OS/c1-6-5-19-12(16-6)7(2)17-10-3-8(11(14)18)9(13)4-15-10/h3-5,7H,13H2,1-2H3,(H2,14,18)(H,15,17). The van der Waals surface area contributed by atoms with Crippen molar-refractivity contribution in [1.29, 1.82) is 0 Å². The molecule has 100 valence electrons. The Labute approximate surface area is 114 Å². The van der Waals surface area contributed by atoms with E-state index >= 15 is 0 Å². The number of hydrogen-bond donors (Lipinski definition) is 3. The van der Waals surface area contributed by atoms with Gasteiger partial charge in [0.05, 0.1) is 23.5 Å². The third-order valence-electron chi connectivity index (χ3n) is 2.57. The van der Waals surface area contributed by atoms with Crippen molar-refractivity contribution in [1.82, 2.24) is 9.97 Å². The number of aromatic nitrogens is 2. The predicted octanol–water partition coefficient (Wildman–Crippen LogP) is 1.70. The summed E-state index contributed by atoms with van der Waals surface area (Å²) in [6.07, 6.45) is 1.42. The fourth-order valence-corrected chi connectivity index (χ4v) is 2.42. The van der Waals surface area contributed by atoms with Gasteiger partial charge in [-0.1, -0.05) is 0 Å². The average molecular weight is 277 g/mol. The Morgan fingerprint density at radius 2 is 2.26 bits per heavy atom. The van der Waals surface area contributed by atoms with Crippen LogP contribution in [0.2, 0.25) is 0 Å². The summed E-state index contributed by atoms with van der Waals surface area (Å²) in [6.45, 7) is 3.92. The molecule has 2 heterocycles. The molecule has 0 saturated carbocycles. The molecular weight excluding hydrogens is 262 g/mol. The highest BCUT2D eigenvalue weighted by molar-refractivity contribution is 7.09. The maximum atomic E-state index is 11.2. The third-order valence-corrected chi connectivity index (χ3v) is 3.72. The summed E-state index contributed by atoms with van der Waals surface area (Å²) in [5, 5.41) is 6.11. The molecule has 0 aromatic carbocycles. The first kappa shape index (κ1) is 13.3. The van der Waals surface area contributed by atoms with Crippen LogP contribution in [-0.4, -0.2) is 15.9 Å². The highest BCUT2D eigenvalue weighted by Gasteiger charge is 2.12. The normalized spacial score (nSPS) is 12.1. The van der Waals surface area contributed by atoms with Crippen molar-refractivity contribution < 1.29 is 4.79 Å². The lowest BCUT2D eigenvalue weighted by Gasteiger charge is -2.13. The van der Waals surface area contributed by atoms with E-state index in [0.29, 0.717) is 5.82 Å². The van der Waals surface area contributed by atoms with Gasteiger partial charge in [-0.2, -0.15) is 0 Å². The summed E-state index contributed by atoms with van der Waals surface area (Å²) in [5.41, 5.74) is 12.4. The van der Waals surface area contributed by atoms with Crippen LogP contribution in [0.15, 0.2) is 17.6 Å². The number of nitrogens with zero attached hydrogens (tertiary/aromatic N) is 2. The first-order valence-electron chi connectivity index (χ1n) is 5.71. The Balaban J connectivity index is 2.19. The van der Waals surface area contributed by atoms with Crippen LogP contribution in [0, 0.1) is 6.92 Å². The number of aryl methyl sites for hydroxylation is 1. The highest BCUT2D eigenvalue weighted by Crippen LogP contribution is 2.22. The minimum atomic E-state index is -0.569. The third kappa shape index (κ3) is 3.00. The topological polar surface area (TPSA) is 107 Å². The number of rotatable bonds is 4. The van der Waals surface area contributed by atoms with Crippen LogP contribution in [0.3, 0.4) is 0 Å². The number of carbonyl (C=O) groups excluding carboxylic acids is 1. The monoisotopic (exact) mass is 277 g/mol. The summed E-state index contributed by atoms with van der Waals surface area (Å²) in [6, 6.07) is 1.55. The van der Waals surface area contributed by atoms with Crippen molar-refractivity contribution in [3.05, 3.63) is 33.9 Å². The number of anilines is 2. The summed E-state index contributed by atoms with van der Waals surface area (Å²) in [4.78, 5) is 19.7. The van der Waals surface area contributed by atoms with Crippen molar-refractivity contribution in [2.45, 2.75) is 19.9 Å². The zero-order chi connectivity index (χ0) is 14.0. The van der Waals surface area contributed by atoms with Gasteiger partial charge in [0.1, 0.15) is 10.8 Å². The number of primary amides is 1. The van der Waals surface area contributed by atoms with Gasteiger partial charge in [0.2, 0.25) is 0 Å². The van der Waals surface area contributed by atoms with E-state index in [1.165, 1.54) is 6.20 Å². The van der Waals surface area contributed by atoms with E-state index in [0.717, 1.165) is 10.7 Å². The number of pyridine rings is 1. The molecule has 0 bridgehead atoms. The van der Waals surface area contributed by atoms with E-state index in [1.807, 2.05) is 19.2 Å². The van der Waals surface area contributed by atoms with Crippen LogP contribution in [0.5, 0.6) is 0 Å². The van der Waals surface area contributed by atoms with E-state index in [-0.39, 0.29) is 17.3 Å². The van der Waals surface area contributed by atoms with Gasteiger partial charge in [-0.25, -0.2) is 9.97 Å². The number of thiazole rings is 1. The quantitative estimate of drug-likeness (QED) is 0.788. The van der Waals surface area contributed by atoms with E-state index in [2.05, 4.69) is 15.3 Å². The van der Waals surface area contributed by atoms with Crippen molar-refractivity contribution in [3.8, 4) is 0 Å². The summed E-state index contributed by atoms with van der Waals surface area (Å²) < 4.78 is 0. The fourth-order valence-electron chi connectivity index (χ4n) is 1.61. The second kappa shape index (κ2) is 5.23. The van der Waals surface area contributed by atoms with Gasteiger partial charge in [0, 0.05) is 11.1 Å². The fraction of sp³-hybridized carbons (Fsp3) is 0.250. The predicted molar refractivity (Wildman–Crippen MR) is 76.1 cm³/mol. The Morgan fingerprint density at radius 1 is 1.53 bits per heavy atom. The summed E-state index contributed by atoms with van der Waals surface area (Å²) >= 11 is 1.57. The van der Waals surface area contributed by atoms with Gasteiger partial charge >= 0.3 is 0 Å². The molecule has 7 heteroatoms. The van der Waals surface area contributed by atoms with Crippen LogP contribution in [-0.2, 0) is 0 Å². The van der Waals surface area contributed by atoms with Crippen molar-refractivity contribution in [2.24, 2.45) is 5.73 Å². The molecule has 2 aromatic heterocycles. The van der Waals surface area contributed by atoms with Crippen LogP contribution < -0.4 is 16.8 Å². The molecule has 0 fully saturated rings. The van der Waals surface area contributed by atoms with Crippen molar-refractivity contribution in [2.75, 3.05) is 11.1 Å². The average Bonchev–Trinajstić information content (AvgIpc) is 2.78. The number of nitrogens with two attached hydrogens (primary N) is 2. The Kier molecular flexibility index (Phi) is 3.66. The minimum Gasteiger partial charge on any atom is -0.397 e. The molecule has 0 aliphatic rings. The lowest BCUT2D eigenvalue weighted by atomic mass is 10.2. The second-order valence-corrected chi connectivity index (χ2v) is 5.10. The van der Waals surface area contributed by atoms with Crippen LogP contribution >= 0.6 is 11.3 Å². The zero-order valence-corrected chi connectivity index (χ0v) is 11.5. The molecule has 0 spiro atoms. The van der Waals surface area contributed by atoms with Gasteiger partial charge in [0.25, 0.3) is 5.91 Å². The molecule has 0 aliphatic carbocycles. The molecule has 5 N–H and O–H groups in total. The Hall–Kier alpha value is -2.15. The van der Waals surface area contributed by atoms with Crippen LogP contribution in [0.25, 0.3) is 0 Å². The molecular formula is C12H15N5OS. The van der Waals surface area contributed by atoms with Gasteiger partial charge in [-0.3, -0.25) is 4.79 Å². The van der Waals surface area contributed by atoms with Crippen molar-refractivity contribution >= 4 is 28.7 Å². The van der Waals surface area contributed by atoms with E-state index in [1.54, 1.807) is 17.4 Å². The lowest BCUT2D eigenvalue weighted by molar-refractivity contribution is 0.100. The molecule has 0 saturated heterocycles. The zero-order valence-electron chi connectivity index (χ0n) is 10.7. The highest BCUT2D eigenvalue weighted by atomic mass is 32.1. The van der Waals surface area contributed by atoms with Crippen LogP contribution in [0.1, 0.15) is 34.0 Å². The number of nitrogens with one attached hydrogen (secondary N) is 1. The maximum Gasteiger partial charge on any atom is 0.250 e. The van der Waals surface area contributed by atoms with E-state index in [4.69, 9.17) is 11.5 Å². The van der Waals surface area contributed by atoms with Crippen molar-refractivity contribution in [3.63, 3.8) is 0 Å². The Bertz CT molecular complexity index is 610. The first-order chi connectivity index (χ1) is 8.97. The second-order valence-electron chi connectivity index (χ2n) is 4.21. The molecule has 1 unspecified atom stereocenters. The van der Waals surface area contributed by atoms with Crippen LogP contribution in [0.4, 0.5) is 11.5 Å². The molecule has 1 amide bonds. The van der Waals surface area contributed by atoms with Gasteiger partial charge < -0.3 is 16.8 Å². The molecule has 0 radical (unpaired) electrons. The number of carbonyl (C=O) groups is 1. The smallest absolute Gasteiger partial charge is 0.250 e. The van der Waals surface area contributed by atoms with Gasteiger partial charge in [0.15, 0.2) is 0 Å². The molecule has 1 atom stereocenters. The largest absolute Gasteiger partial charge is 0.397 e. The molecule has 6 nitrogen and oxygen atoms in total. The maximum absolute atomic E-state index is 11.2. The van der Waals surface area contributed by atoms with E-state index in [9.17, 15) is 4.79 Å². The van der Waals surface area contributed by atoms with E-state index < -0.39 is 5.91 Å². The molecule has 2 aromatic rings. The number of amides is 1. The number of hydrogen-bond acceptors (Lipinski definition) is 6. The summed E-state index contributed by atoms with van der Waals surface area (Å²) in [5.74, 6) is -0.0240. The number of nitrogen functional groups attached to an aromatic ring is 1. The Morgan fingerprint density at radius 3 is 2.84 bits per heavy atom. The van der Waals surface area contributed by atoms with Gasteiger partial charge in [-0.15, -0.1) is 11.3 Å². The SMILES string of the molecule is Cc1csc(C(C)Nc2cc(C(N)=O)c(N)cn2)n1. The van der Waals surface area contributed by atoms with Gasteiger partial charge in [-0.05, 0) is 19.9 Å².